The number of carbonyl (C=O) groups is 2. The van der Waals surface area contributed by atoms with Crippen LogP contribution in [0.4, 0.5) is 0 Å². The summed E-state index contributed by atoms with van der Waals surface area (Å²) in [5.74, 6) is -0.132. The number of aliphatic carboxylic acids is 1. The van der Waals surface area contributed by atoms with Gasteiger partial charge in [-0.2, -0.15) is 0 Å². The maximum atomic E-state index is 12.6. The first-order chi connectivity index (χ1) is 11.0. The van der Waals surface area contributed by atoms with Gasteiger partial charge in [0.1, 0.15) is 17.9 Å². The molecule has 0 saturated heterocycles. The summed E-state index contributed by atoms with van der Waals surface area (Å²) in [6.07, 6.45) is 3.25. The number of carbonyl (C=O) groups excluding carboxylic acids is 1. The predicted molar refractivity (Wildman–Crippen MR) is 85.3 cm³/mol. The van der Waals surface area contributed by atoms with Gasteiger partial charge in [-0.15, -0.1) is 0 Å². The van der Waals surface area contributed by atoms with E-state index < -0.39 is 11.5 Å². The highest BCUT2D eigenvalue weighted by Crippen LogP contribution is 2.33. The standard InChI is InChI=1S/C18H23NO4/c1-12-6-8-18(9-7-12,17(21)22)19-16(20)14-10-13-4-2-3-5-15(13)23-11-14/h2-5,12,14H,6-11H2,1H3,(H,19,20)(H,21,22). The number of ether oxygens (including phenoxy) is 1. The molecule has 1 unspecified atom stereocenters. The first-order valence-corrected chi connectivity index (χ1v) is 8.26. The molecule has 1 aliphatic carbocycles. The minimum absolute atomic E-state index is 0.212. The molecule has 1 amide bonds. The number of fused-ring (bicyclic) bond motifs is 1. The topological polar surface area (TPSA) is 75.6 Å². The number of benzene rings is 1. The van der Waals surface area contributed by atoms with E-state index in [1.165, 1.54) is 0 Å². The van der Waals surface area contributed by atoms with Gasteiger partial charge in [0, 0.05) is 0 Å². The molecular formula is C18H23NO4. The number of hydrogen-bond acceptors (Lipinski definition) is 3. The van der Waals surface area contributed by atoms with E-state index in [1.807, 2.05) is 24.3 Å². The molecular weight excluding hydrogens is 294 g/mol. The van der Waals surface area contributed by atoms with Gasteiger partial charge < -0.3 is 15.2 Å². The van der Waals surface area contributed by atoms with E-state index >= 15 is 0 Å². The number of carboxylic acids is 1. The van der Waals surface area contributed by atoms with Gasteiger partial charge in [-0.1, -0.05) is 25.1 Å². The van der Waals surface area contributed by atoms with E-state index in [1.54, 1.807) is 0 Å². The zero-order valence-corrected chi connectivity index (χ0v) is 13.4. The summed E-state index contributed by atoms with van der Waals surface area (Å²) in [4.78, 5) is 24.4. The van der Waals surface area contributed by atoms with Gasteiger partial charge in [-0.05, 0) is 49.7 Å². The van der Waals surface area contributed by atoms with Crippen LogP contribution in [0, 0.1) is 11.8 Å². The van der Waals surface area contributed by atoms with Crippen molar-refractivity contribution in [3.8, 4) is 5.75 Å². The zero-order valence-electron chi connectivity index (χ0n) is 13.4. The Morgan fingerprint density at radius 2 is 1.96 bits per heavy atom. The molecule has 2 N–H and O–H groups in total. The maximum Gasteiger partial charge on any atom is 0.329 e. The molecule has 0 bridgehead atoms. The number of hydrogen-bond donors (Lipinski definition) is 2. The first-order valence-electron chi connectivity index (χ1n) is 8.26. The first kappa shape index (κ1) is 15.8. The van der Waals surface area contributed by atoms with Gasteiger partial charge >= 0.3 is 5.97 Å². The van der Waals surface area contributed by atoms with Crippen molar-refractivity contribution in [1.82, 2.24) is 5.32 Å². The molecule has 0 aromatic heterocycles. The molecule has 1 atom stereocenters. The Morgan fingerprint density at radius 3 is 2.65 bits per heavy atom. The van der Waals surface area contributed by atoms with E-state index in [0.29, 0.717) is 31.8 Å². The molecule has 1 heterocycles. The van der Waals surface area contributed by atoms with Crippen LogP contribution < -0.4 is 10.1 Å². The van der Waals surface area contributed by atoms with Crippen molar-refractivity contribution in [3.63, 3.8) is 0 Å². The highest BCUT2D eigenvalue weighted by molar-refractivity contribution is 5.88. The third kappa shape index (κ3) is 3.19. The fraction of sp³-hybridized carbons (Fsp3) is 0.556. The van der Waals surface area contributed by atoms with Crippen LogP contribution in [0.2, 0.25) is 0 Å². The van der Waals surface area contributed by atoms with Crippen LogP contribution in [0.5, 0.6) is 5.75 Å². The van der Waals surface area contributed by atoms with Gasteiger partial charge in [0.05, 0.1) is 5.92 Å². The molecule has 124 valence electrons. The average Bonchev–Trinajstić information content (AvgIpc) is 2.56. The SMILES string of the molecule is CC1CCC(NC(=O)C2COc3ccccc3C2)(C(=O)O)CC1. The van der Waals surface area contributed by atoms with Gasteiger partial charge in [-0.3, -0.25) is 4.79 Å². The maximum absolute atomic E-state index is 12.6. The summed E-state index contributed by atoms with van der Waals surface area (Å²) < 4.78 is 5.65. The summed E-state index contributed by atoms with van der Waals surface area (Å²) in [6, 6.07) is 7.67. The average molecular weight is 317 g/mol. The van der Waals surface area contributed by atoms with Crippen molar-refractivity contribution < 1.29 is 19.4 Å². The smallest absolute Gasteiger partial charge is 0.329 e. The number of para-hydroxylation sites is 1. The Bertz CT molecular complexity index is 605. The summed E-state index contributed by atoms with van der Waals surface area (Å²) in [6.45, 7) is 2.43. The Morgan fingerprint density at radius 1 is 1.26 bits per heavy atom. The molecule has 2 aliphatic rings. The van der Waals surface area contributed by atoms with Crippen molar-refractivity contribution in [2.24, 2.45) is 11.8 Å². The fourth-order valence-electron chi connectivity index (χ4n) is 3.48. The number of rotatable bonds is 3. The second-order valence-electron chi connectivity index (χ2n) is 6.88. The van der Waals surface area contributed by atoms with Gasteiger partial charge in [0.2, 0.25) is 5.91 Å². The van der Waals surface area contributed by atoms with Crippen LogP contribution in [-0.2, 0) is 16.0 Å². The molecule has 5 nitrogen and oxygen atoms in total. The molecule has 1 aromatic carbocycles. The van der Waals surface area contributed by atoms with Crippen LogP contribution >= 0.6 is 0 Å². The van der Waals surface area contributed by atoms with Crippen molar-refractivity contribution >= 4 is 11.9 Å². The van der Waals surface area contributed by atoms with Gasteiger partial charge in [0.15, 0.2) is 0 Å². The van der Waals surface area contributed by atoms with Crippen LogP contribution in [0.15, 0.2) is 24.3 Å². The summed E-state index contributed by atoms with van der Waals surface area (Å²) in [5, 5.41) is 12.5. The van der Waals surface area contributed by atoms with E-state index in [4.69, 9.17) is 4.74 Å². The highest BCUT2D eigenvalue weighted by atomic mass is 16.5. The van der Waals surface area contributed by atoms with E-state index in [0.717, 1.165) is 24.2 Å². The van der Waals surface area contributed by atoms with Crippen LogP contribution in [0.1, 0.15) is 38.2 Å². The second kappa shape index (κ2) is 6.22. The third-order valence-electron chi connectivity index (χ3n) is 5.15. The number of nitrogens with one attached hydrogen (secondary N) is 1. The summed E-state index contributed by atoms with van der Waals surface area (Å²) in [5.41, 5.74) is -0.110. The largest absolute Gasteiger partial charge is 0.492 e. The highest BCUT2D eigenvalue weighted by Gasteiger charge is 2.43. The molecule has 23 heavy (non-hydrogen) atoms. The normalized spacial score (nSPS) is 30.0. The van der Waals surface area contributed by atoms with E-state index in [9.17, 15) is 14.7 Å². The Balaban J connectivity index is 1.70. The monoisotopic (exact) mass is 317 g/mol. The molecule has 1 aromatic rings. The molecule has 1 aliphatic heterocycles. The Hall–Kier alpha value is -2.04. The molecule has 1 fully saturated rings. The Kier molecular flexibility index (Phi) is 4.28. The van der Waals surface area contributed by atoms with Crippen molar-refractivity contribution in [1.29, 1.82) is 0 Å². The summed E-state index contributed by atoms with van der Waals surface area (Å²) in [7, 11) is 0. The molecule has 0 radical (unpaired) electrons. The van der Waals surface area contributed by atoms with E-state index in [-0.39, 0.29) is 11.8 Å². The number of amides is 1. The van der Waals surface area contributed by atoms with E-state index in [2.05, 4.69) is 12.2 Å². The molecule has 5 heteroatoms. The minimum atomic E-state index is -1.11. The fourth-order valence-corrected chi connectivity index (χ4v) is 3.48. The lowest BCUT2D eigenvalue weighted by atomic mass is 9.76. The Labute approximate surface area is 136 Å². The molecule has 3 rings (SSSR count). The lowest BCUT2D eigenvalue weighted by Crippen LogP contribution is -2.58. The van der Waals surface area contributed by atoms with Gasteiger partial charge in [-0.25, -0.2) is 4.79 Å². The second-order valence-corrected chi connectivity index (χ2v) is 6.88. The quantitative estimate of drug-likeness (QED) is 0.897. The van der Waals surface area contributed by atoms with Crippen LogP contribution in [0.25, 0.3) is 0 Å². The third-order valence-corrected chi connectivity index (χ3v) is 5.15. The van der Waals surface area contributed by atoms with Gasteiger partial charge in [0.25, 0.3) is 0 Å². The minimum Gasteiger partial charge on any atom is -0.492 e. The summed E-state index contributed by atoms with van der Waals surface area (Å²) >= 11 is 0. The van der Waals surface area contributed by atoms with Crippen molar-refractivity contribution in [3.05, 3.63) is 29.8 Å². The number of carboxylic acid groups (broad SMARTS) is 1. The zero-order chi connectivity index (χ0) is 16.4. The van der Waals surface area contributed by atoms with Crippen LogP contribution in [-0.4, -0.2) is 29.1 Å². The van der Waals surface area contributed by atoms with Crippen molar-refractivity contribution in [2.45, 2.75) is 44.6 Å². The lowest BCUT2D eigenvalue weighted by Gasteiger charge is -2.37. The lowest BCUT2D eigenvalue weighted by molar-refractivity contribution is -0.150. The van der Waals surface area contributed by atoms with Crippen LogP contribution in [0.3, 0.4) is 0 Å². The molecule has 0 spiro atoms. The predicted octanol–water partition coefficient (Wildman–Crippen LogP) is 2.39. The molecule has 1 saturated carbocycles. The van der Waals surface area contributed by atoms with Crippen molar-refractivity contribution in [2.75, 3.05) is 6.61 Å².